The molecular formula is C25H27NO8S. The van der Waals surface area contributed by atoms with Crippen LogP contribution in [0, 0.1) is 5.92 Å². The number of benzene rings is 2. The third kappa shape index (κ3) is 5.22. The predicted octanol–water partition coefficient (Wildman–Crippen LogP) is 3.34. The van der Waals surface area contributed by atoms with Gasteiger partial charge in [0.2, 0.25) is 0 Å². The molecule has 0 amide bonds. The van der Waals surface area contributed by atoms with Crippen molar-refractivity contribution in [1.29, 1.82) is 0 Å². The van der Waals surface area contributed by atoms with Crippen LogP contribution in [-0.4, -0.2) is 50.1 Å². The molecule has 0 aliphatic carbocycles. The second-order valence-corrected chi connectivity index (χ2v) is 9.19. The largest absolute Gasteiger partial charge is 0.465 e. The molecule has 0 atom stereocenters. The molecule has 186 valence electrons. The van der Waals surface area contributed by atoms with Crippen molar-refractivity contribution in [2.45, 2.75) is 32.1 Å². The smallest absolute Gasteiger partial charge is 0.340 e. The van der Waals surface area contributed by atoms with Crippen LogP contribution >= 0.6 is 0 Å². The molecule has 0 fully saturated rings. The molecule has 35 heavy (non-hydrogen) atoms. The number of hydrogen-bond acceptors (Lipinski definition) is 8. The zero-order chi connectivity index (χ0) is 25.6. The number of hydrogen-bond donors (Lipinski definition) is 0. The summed E-state index contributed by atoms with van der Waals surface area (Å²) in [4.78, 5) is 38.5. The first kappa shape index (κ1) is 26.0. The van der Waals surface area contributed by atoms with Gasteiger partial charge in [0.05, 0.1) is 41.5 Å². The molecular weight excluding hydrogens is 474 g/mol. The van der Waals surface area contributed by atoms with Crippen molar-refractivity contribution < 1.29 is 37.0 Å². The summed E-state index contributed by atoms with van der Waals surface area (Å²) in [6.45, 7) is 4.84. The van der Waals surface area contributed by atoms with Gasteiger partial charge in [0, 0.05) is 11.8 Å². The predicted molar refractivity (Wildman–Crippen MR) is 127 cm³/mol. The van der Waals surface area contributed by atoms with E-state index < -0.39 is 40.3 Å². The monoisotopic (exact) mass is 501 g/mol. The second kappa shape index (κ2) is 11.2. The molecule has 0 N–H and O–H groups in total. The highest BCUT2D eigenvalue weighted by Crippen LogP contribution is 2.33. The van der Waals surface area contributed by atoms with Gasteiger partial charge in [-0.25, -0.2) is 17.2 Å². The number of para-hydroxylation sites is 1. The van der Waals surface area contributed by atoms with Gasteiger partial charge >= 0.3 is 17.9 Å². The van der Waals surface area contributed by atoms with Gasteiger partial charge in [0.25, 0.3) is 10.0 Å². The Hall–Kier alpha value is -3.66. The van der Waals surface area contributed by atoms with E-state index in [1.165, 1.54) is 12.1 Å². The summed E-state index contributed by atoms with van der Waals surface area (Å²) in [5.41, 5.74) is 0.0982. The van der Waals surface area contributed by atoms with Crippen LogP contribution in [0.25, 0.3) is 10.9 Å². The number of rotatable bonds is 10. The standard InChI is InChI=1S/C25H27NO8S/c1-4-32-23(27)19(24(28)33-5-2)16-21-22(25(29)34-6-3)18-14-10-11-15-20(18)26(21)35(30,31)17-12-8-7-9-13-17/h7-15,19H,4-6,16H2,1-3H3. The summed E-state index contributed by atoms with van der Waals surface area (Å²) >= 11 is 0. The number of ether oxygens (including phenoxy) is 3. The van der Waals surface area contributed by atoms with E-state index in [0.29, 0.717) is 5.39 Å². The summed E-state index contributed by atoms with van der Waals surface area (Å²) in [7, 11) is -4.24. The van der Waals surface area contributed by atoms with E-state index in [4.69, 9.17) is 14.2 Å². The topological polar surface area (TPSA) is 118 Å². The fourth-order valence-electron chi connectivity index (χ4n) is 3.79. The summed E-state index contributed by atoms with van der Waals surface area (Å²) < 4.78 is 44.0. The number of nitrogens with zero attached hydrogens (tertiary/aromatic N) is 1. The molecule has 3 aromatic rings. The Bertz CT molecular complexity index is 1310. The average Bonchev–Trinajstić information content (AvgIpc) is 3.18. The minimum Gasteiger partial charge on any atom is -0.465 e. The quantitative estimate of drug-likeness (QED) is 0.236. The fraction of sp³-hybridized carbons (Fsp3) is 0.320. The average molecular weight is 502 g/mol. The van der Waals surface area contributed by atoms with Gasteiger partial charge in [0.1, 0.15) is 0 Å². The molecule has 1 heterocycles. The maximum atomic E-state index is 13.8. The number of fused-ring (bicyclic) bond motifs is 1. The summed E-state index contributed by atoms with van der Waals surface area (Å²) in [5, 5.41) is 0.312. The lowest BCUT2D eigenvalue weighted by atomic mass is 10.00. The van der Waals surface area contributed by atoms with E-state index in [1.807, 2.05) is 0 Å². The Morgan fingerprint density at radius 2 is 1.34 bits per heavy atom. The number of aromatic nitrogens is 1. The van der Waals surface area contributed by atoms with Crippen LogP contribution < -0.4 is 0 Å². The van der Waals surface area contributed by atoms with Crippen LogP contribution in [0.15, 0.2) is 59.5 Å². The molecule has 0 unspecified atom stereocenters. The van der Waals surface area contributed by atoms with Crippen molar-refractivity contribution in [2.75, 3.05) is 19.8 Å². The Labute approximate surface area is 203 Å². The van der Waals surface area contributed by atoms with E-state index in [2.05, 4.69) is 0 Å². The van der Waals surface area contributed by atoms with Crippen LogP contribution in [0.5, 0.6) is 0 Å². The minimum absolute atomic E-state index is 0.00474. The van der Waals surface area contributed by atoms with Gasteiger partial charge in [-0.2, -0.15) is 0 Å². The molecule has 0 spiro atoms. The Morgan fingerprint density at radius 1 is 0.800 bits per heavy atom. The van der Waals surface area contributed by atoms with Crippen LogP contribution in [0.1, 0.15) is 36.8 Å². The molecule has 1 aromatic heterocycles. The molecule has 2 aromatic carbocycles. The Kier molecular flexibility index (Phi) is 8.29. The van der Waals surface area contributed by atoms with Gasteiger partial charge in [-0.05, 0) is 39.0 Å². The van der Waals surface area contributed by atoms with Crippen LogP contribution in [0.4, 0.5) is 0 Å². The molecule has 9 nitrogen and oxygen atoms in total. The van der Waals surface area contributed by atoms with E-state index in [0.717, 1.165) is 3.97 Å². The first-order chi connectivity index (χ1) is 16.8. The van der Waals surface area contributed by atoms with E-state index in [-0.39, 0.29) is 41.5 Å². The summed E-state index contributed by atoms with van der Waals surface area (Å²) in [6, 6.07) is 14.1. The maximum Gasteiger partial charge on any atom is 0.340 e. The molecule has 3 rings (SSSR count). The van der Waals surface area contributed by atoms with E-state index in [1.54, 1.807) is 63.2 Å². The minimum atomic E-state index is -4.24. The molecule has 0 bridgehead atoms. The highest BCUT2D eigenvalue weighted by atomic mass is 32.2. The highest BCUT2D eigenvalue weighted by molar-refractivity contribution is 7.90. The van der Waals surface area contributed by atoms with Crippen molar-refractivity contribution >= 4 is 38.8 Å². The normalized spacial score (nSPS) is 11.4. The van der Waals surface area contributed by atoms with Gasteiger partial charge in [-0.1, -0.05) is 36.4 Å². The second-order valence-electron chi connectivity index (χ2n) is 7.40. The van der Waals surface area contributed by atoms with Crippen molar-refractivity contribution in [3.05, 3.63) is 65.9 Å². The molecule has 0 aliphatic rings. The van der Waals surface area contributed by atoms with Crippen LogP contribution in [0.3, 0.4) is 0 Å². The SMILES string of the molecule is CCOC(=O)c1c(CC(C(=O)OCC)C(=O)OCC)n(S(=O)(=O)c2ccccc2)c2ccccc12. The molecule has 10 heteroatoms. The zero-order valence-electron chi connectivity index (χ0n) is 19.7. The van der Waals surface area contributed by atoms with Crippen LogP contribution in [-0.2, 0) is 40.2 Å². The van der Waals surface area contributed by atoms with E-state index in [9.17, 15) is 22.8 Å². The lowest BCUT2D eigenvalue weighted by molar-refractivity contribution is -0.161. The zero-order valence-corrected chi connectivity index (χ0v) is 20.5. The Morgan fingerprint density at radius 3 is 1.91 bits per heavy atom. The fourth-order valence-corrected chi connectivity index (χ4v) is 5.38. The first-order valence-electron chi connectivity index (χ1n) is 11.2. The van der Waals surface area contributed by atoms with Crippen molar-refractivity contribution in [3.8, 4) is 0 Å². The van der Waals surface area contributed by atoms with Crippen molar-refractivity contribution in [1.82, 2.24) is 3.97 Å². The number of carbonyl (C=O) groups excluding carboxylic acids is 3. The van der Waals surface area contributed by atoms with E-state index >= 15 is 0 Å². The third-order valence-corrected chi connectivity index (χ3v) is 6.99. The maximum absolute atomic E-state index is 13.8. The highest BCUT2D eigenvalue weighted by Gasteiger charge is 2.37. The third-order valence-electron chi connectivity index (χ3n) is 5.23. The van der Waals surface area contributed by atoms with Crippen molar-refractivity contribution in [3.63, 3.8) is 0 Å². The molecule has 0 radical (unpaired) electrons. The summed E-state index contributed by atoms with van der Waals surface area (Å²) in [6.07, 6.45) is -0.452. The van der Waals surface area contributed by atoms with Crippen LogP contribution in [0.2, 0.25) is 0 Å². The van der Waals surface area contributed by atoms with Gasteiger partial charge in [-0.15, -0.1) is 0 Å². The van der Waals surface area contributed by atoms with Gasteiger partial charge in [0.15, 0.2) is 5.92 Å². The number of esters is 3. The lowest BCUT2D eigenvalue weighted by Crippen LogP contribution is -2.32. The lowest BCUT2D eigenvalue weighted by Gasteiger charge is -2.18. The summed E-state index contributed by atoms with van der Waals surface area (Å²) in [5.74, 6) is -4.02. The molecule has 0 aliphatic heterocycles. The van der Waals surface area contributed by atoms with Gasteiger partial charge in [-0.3, -0.25) is 9.59 Å². The number of carbonyl (C=O) groups is 3. The Balaban J connectivity index is 2.35. The molecule has 0 saturated heterocycles. The van der Waals surface area contributed by atoms with Gasteiger partial charge < -0.3 is 14.2 Å². The van der Waals surface area contributed by atoms with Crippen molar-refractivity contribution in [2.24, 2.45) is 5.92 Å². The molecule has 0 saturated carbocycles. The first-order valence-corrected chi connectivity index (χ1v) is 12.6.